The largest absolute Gasteiger partial charge is 0.383 e. The Bertz CT molecular complexity index is 333. The van der Waals surface area contributed by atoms with Crippen molar-refractivity contribution in [3.8, 4) is 0 Å². The molecule has 0 radical (unpaired) electrons. The van der Waals surface area contributed by atoms with Crippen molar-refractivity contribution < 1.29 is 5.11 Å². The van der Waals surface area contributed by atoms with Gasteiger partial charge in [0.25, 0.3) is 0 Å². The van der Waals surface area contributed by atoms with Crippen LogP contribution in [0.1, 0.15) is 49.9 Å². The van der Waals surface area contributed by atoms with Crippen molar-refractivity contribution in [2.45, 2.75) is 51.0 Å². The summed E-state index contributed by atoms with van der Waals surface area (Å²) in [6.07, 6.45) is 4.80. The number of hydrogen-bond acceptors (Lipinski definition) is 3. The molecule has 1 aliphatic rings. The quantitative estimate of drug-likeness (QED) is 0.775. The standard InChI is InChI=1S/C11H17NOS/c1-10(2,3)8-7-12-9(14-8)11(13)5-4-6-11/h7,13H,4-6H2,1-3H3. The molecule has 1 aromatic heterocycles. The lowest BCUT2D eigenvalue weighted by Crippen LogP contribution is -2.33. The normalized spacial score (nSPS) is 20.6. The van der Waals surface area contributed by atoms with Gasteiger partial charge in [-0.15, -0.1) is 11.3 Å². The van der Waals surface area contributed by atoms with E-state index in [1.54, 1.807) is 11.3 Å². The SMILES string of the molecule is CC(C)(C)c1cnc(C2(O)CCC2)s1. The van der Waals surface area contributed by atoms with E-state index < -0.39 is 5.60 Å². The molecule has 1 aliphatic carbocycles. The number of hydrogen-bond donors (Lipinski definition) is 1. The first-order chi connectivity index (χ1) is 6.42. The lowest BCUT2D eigenvalue weighted by Gasteiger charge is -2.34. The third kappa shape index (κ3) is 1.59. The van der Waals surface area contributed by atoms with E-state index in [4.69, 9.17) is 0 Å². The van der Waals surface area contributed by atoms with Gasteiger partial charge in [-0.05, 0) is 24.7 Å². The van der Waals surface area contributed by atoms with Crippen LogP contribution < -0.4 is 0 Å². The third-order valence-electron chi connectivity index (χ3n) is 2.82. The van der Waals surface area contributed by atoms with Crippen LogP contribution in [-0.2, 0) is 11.0 Å². The highest BCUT2D eigenvalue weighted by atomic mass is 32.1. The molecule has 1 saturated carbocycles. The van der Waals surface area contributed by atoms with Gasteiger partial charge in [0, 0.05) is 11.1 Å². The summed E-state index contributed by atoms with van der Waals surface area (Å²) in [5.74, 6) is 0. The highest BCUT2D eigenvalue weighted by molar-refractivity contribution is 7.11. The smallest absolute Gasteiger partial charge is 0.125 e. The van der Waals surface area contributed by atoms with Gasteiger partial charge < -0.3 is 5.11 Å². The zero-order chi connectivity index (χ0) is 10.4. The van der Waals surface area contributed by atoms with E-state index in [0.29, 0.717) is 0 Å². The summed E-state index contributed by atoms with van der Waals surface area (Å²) in [7, 11) is 0. The van der Waals surface area contributed by atoms with E-state index in [1.807, 2.05) is 6.20 Å². The fourth-order valence-electron chi connectivity index (χ4n) is 1.56. The molecular weight excluding hydrogens is 194 g/mol. The van der Waals surface area contributed by atoms with Crippen molar-refractivity contribution in [2.75, 3.05) is 0 Å². The Labute approximate surface area is 89.0 Å². The minimum Gasteiger partial charge on any atom is -0.383 e. The first-order valence-electron chi connectivity index (χ1n) is 5.11. The Morgan fingerprint density at radius 3 is 2.43 bits per heavy atom. The van der Waals surface area contributed by atoms with Gasteiger partial charge in [-0.1, -0.05) is 20.8 Å². The van der Waals surface area contributed by atoms with Crippen LogP contribution in [0.15, 0.2) is 6.20 Å². The lowest BCUT2D eigenvalue weighted by molar-refractivity contribution is -0.0389. The molecule has 0 aliphatic heterocycles. The fraction of sp³-hybridized carbons (Fsp3) is 0.727. The minimum atomic E-state index is -0.589. The molecule has 2 nitrogen and oxygen atoms in total. The molecular formula is C11H17NOS. The Morgan fingerprint density at radius 1 is 1.43 bits per heavy atom. The minimum absolute atomic E-state index is 0.149. The van der Waals surface area contributed by atoms with Crippen LogP contribution in [0.4, 0.5) is 0 Å². The van der Waals surface area contributed by atoms with Gasteiger partial charge in [0.05, 0.1) is 0 Å². The second kappa shape index (κ2) is 3.04. The Kier molecular flexibility index (Phi) is 2.20. The molecule has 0 unspecified atom stereocenters. The maximum absolute atomic E-state index is 10.1. The van der Waals surface area contributed by atoms with E-state index in [-0.39, 0.29) is 5.41 Å². The first-order valence-corrected chi connectivity index (χ1v) is 5.93. The number of rotatable bonds is 1. The zero-order valence-corrected chi connectivity index (χ0v) is 9.82. The van der Waals surface area contributed by atoms with Crippen LogP contribution in [0.2, 0.25) is 0 Å². The van der Waals surface area contributed by atoms with E-state index >= 15 is 0 Å². The predicted octanol–water partition coefficient (Wildman–Crippen LogP) is 2.81. The van der Waals surface area contributed by atoms with Crippen LogP contribution in [0.5, 0.6) is 0 Å². The van der Waals surface area contributed by atoms with Gasteiger partial charge in [-0.2, -0.15) is 0 Å². The first kappa shape index (κ1) is 10.1. The Balaban J connectivity index is 2.26. The monoisotopic (exact) mass is 211 g/mol. The number of nitrogens with zero attached hydrogens (tertiary/aromatic N) is 1. The van der Waals surface area contributed by atoms with Crippen molar-refractivity contribution in [2.24, 2.45) is 0 Å². The molecule has 0 amide bonds. The molecule has 0 atom stereocenters. The predicted molar refractivity (Wildman–Crippen MR) is 58.6 cm³/mol. The summed E-state index contributed by atoms with van der Waals surface area (Å²) in [6.45, 7) is 6.53. The molecule has 1 heterocycles. The second-order valence-corrected chi connectivity index (χ2v) is 6.20. The molecule has 1 fully saturated rings. The van der Waals surface area contributed by atoms with Gasteiger partial charge in [0.2, 0.25) is 0 Å². The van der Waals surface area contributed by atoms with Crippen molar-refractivity contribution in [1.29, 1.82) is 0 Å². The van der Waals surface area contributed by atoms with Crippen molar-refractivity contribution >= 4 is 11.3 Å². The highest BCUT2D eigenvalue weighted by Crippen LogP contribution is 2.43. The summed E-state index contributed by atoms with van der Waals surface area (Å²) in [6, 6.07) is 0. The number of thiazole rings is 1. The molecule has 0 saturated heterocycles. The summed E-state index contributed by atoms with van der Waals surface area (Å²) >= 11 is 1.66. The molecule has 3 heteroatoms. The van der Waals surface area contributed by atoms with Crippen LogP contribution in [0.25, 0.3) is 0 Å². The van der Waals surface area contributed by atoms with E-state index in [2.05, 4.69) is 25.8 Å². The summed E-state index contributed by atoms with van der Waals surface area (Å²) in [5.41, 5.74) is -0.440. The molecule has 0 bridgehead atoms. The zero-order valence-electron chi connectivity index (χ0n) is 9.00. The summed E-state index contributed by atoms with van der Waals surface area (Å²) in [5, 5.41) is 11.0. The maximum atomic E-state index is 10.1. The fourth-order valence-corrected chi connectivity index (χ4v) is 2.68. The van der Waals surface area contributed by atoms with E-state index in [0.717, 1.165) is 24.3 Å². The van der Waals surface area contributed by atoms with Crippen LogP contribution in [-0.4, -0.2) is 10.1 Å². The summed E-state index contributed by atoms with van der Waals surface area (Å²) in [4.78, 5) is 5.60. The lowest BCUT2D eigenvalue weighted by atomic mass is 9.81. The van der Waals surface area contributed by atoms with Crippen molar-refractivity contribution in [3.63, 3.8) is 0 Å². The average molecular weight is 211 g/mol. The topological polar surface area (TPSA) is 33.1 Å². The van der Waals surface area contributed by atoms with E-state index in [9.17, 15) is 5.11 Å². The number of aromatic nitrogens is 1. The maximum Gasteiger partial charge on any atom is 0.125 e. The van der Waals surface area contributed by atoms with Crippen LogP contribution in [0.3, 0.4) is 0 Å². The molecule has 1 aromatic rings. The summed E-state index contributed by atoms with van der Waals surface area (Å²) < 4.78 is 0. The molecule has 0 aromatic carbocycles. The van der Waals surface area contributed by atoms with Gasteiger partial charge >= 0.3 is 0 Å². The number of aliphatic hydroxyl groups is 1. The van der Waals surface area contributed by atoms with Gasteiger partial charge in [-0.3, -0.25) is 0 Å². The average Bonchev–Trinajstić information content (AvgIpc) is 2.46. The highest BCUT2D eigenvalue weighted by Gasteiger charge is 2.39. The van der Waals surface area contributed by atoms with Crippen LogP contribution >= 0.6 is 11.3 Å². The van der Waals surface area contributed by atoms with Gasteiger partial charge in [0.15, 0.2) is 0 Å². The van der Waals surface area contributed by atoms with Crippen molar-refractivity contribution in [3.05, 3.63) is 16.1 Å². The van der Waals surface area contributed by atoms with Crippen LogP contribution in [0, 0.1) is 0 Å². The van der Waals surface area contributed by atoms with Gasteiger partial charge in [0.1, 0.15) is 10.6 Å². The Morgan fingerprint density at radius 2 is 2.07 bits per heavy atom. The second-order valence-electron chi connectivity index (χ2n) is 5.16. The van der Waals surface area contributed by atoms with Crippen molar-refractivity contribution in [1.82, 2.24) is 4.98 Å². The molecule has 2 rings (SSSR count). The van der Waals surface area contributed by atoms with E-state index in [1.165, 1.54) is 4.88 Å². The third-order valence-corrected chi connectivity index (χ3v) is 4.44. The molecule has 14 heavy (non-hydrogen) atoms. The molecule has 0 spiro atoms. The molecule has 1 N–H and O–H groups in total. The van der Waals surface area contributed by atoms with Gasteiger partial charge in [-0.25, -0.2) is 4.98 Å². The molecule has 78 valence electrons. The Hall–Kier alpha value is -0.410.